The van der Waals surface area contributed by atoms with Gasteiger partial charge in [-0.15, -0.1) is 0 Å². The van der Waals surface area contributed by atoms with Crippen molar-refractivity contribution < 1.29 is 14.6 Å². The second-order valence-electron chi connectivity index (χ2n) is 4.29. The minimum absolute atomic E-state index is 0.0564. The van der Waals surface area contributed by atoms with Gasteiger partial charge in [0.2, 0.25) is 0 Å². The van der Waals surface area contributed by atoms with E-state index < -0.39 is 0 Å². The molecule has 0 saturated carbocycles. The number of hydrogen-bond donors (Lipinski definition) is 1. The lowest BCUT2D eigenvalue weighted by atomic mass is 10.1. The van der Waals surface area contributed by atoms with Crippen molar-refractivity contribution in [1.29, 1.82) is 0 Å². The number of amides is 1. The Labute approximate surface area is 111 Å². The fourth-order valence-electron chi connectivity index (χ4n) is 1.62. The standard InChI is InChI=1S/C15H15NO3/c1-16(2)15(18)13-10-12(8-9-14(13)17)19-11-6-4-3-5-7-11/h3-10,17H,1-2H3. The largest absolute Gasteiger partial charge is 0.507 e. The van der Waals surface area contributed by atoms with Crippen LogP contribution >= 0.6 is 0 Å². The van der Waals surface area contributed by atoms with Gasteiger partial charge in [-0.2, -0.15) is 0 Å². The Morgan fingerprint density at radius 1 is 1.05 bits per heavy atom. The first kappa shape index (κ1) is 13.0. The third-order valence-corrected chi connectivity index (χ3v) is 2.58. The second-order valence-corrected chi connectivity index (χ2v) is 4.29. The van der Waals surface area contributed by atoms with E-state index in [0.29, 0.717) is 11.5 Å². The number of phenols is 1. The molecule has 0 bridgehead atoms. The molecule has 1 amide bonds. The van der Waals surface area contributed by atoms with E-state index in [1.807, 2.05) is 30.3 Å². The summed E-state index contributed by atoms with van der Waals surface area (Å²) in [6.45, 7) is 0. The highest BCUT2D eigenvalue weighted by molar-refractivity contribution is 5.96. The quantitative estimate of drug-likeness (QED) is 0.919. The minimum atomic E-state index is -0.268. The van der Waals surface area contributed by atoms with E-state index in [4.69, 9.17) is 4.74 Å². The number of nitrogens with zero attached hydrogens (tertiary/aromatic N) is 1. The zero-order valence-corrected chi connectivity index (χ0v) is 10.8. The zero-order chi connectivity index (χ0) is 13.8. The molecule has 0 spiro atoms. The lowest BCUT2D eigenvalue weighted by molar-refractivity contribution is 0.0824. The van der Waals surface area contributed by atoms with Gasteiger partial charge in [0.25, 0.3) is 5.91 Å². The number of carbonyl (C=O) groups is 1. The predicted octanol–water partition coefficient (Wildman–Crippen LogP) is 2.89. The fourth-order valence-corrected chi connectivity index (χ4v) is 1.62. The Bertz CT molecular complexity index is 579. The molecule has 98 valence electrons. The van der Waals surface area contributed by atoms with Crippen LogP contribution in [-0.2, 0) is 0 Å². The maximum absolute atomic E-state index is 11.9. The molecule has 0 aliphatic rings. The van der Waals surface area contributed by atoms with E-state index in [-0.39, 0.29) is 17.2 Å². The zero-order valence-electron chi connectivity index (χ0n) is 10.8. The van der Waals surface area contributed by atoms with Crippen LogP contribution in [0, 0.1) is 0 Å². The van der Waals surface area contributed by atoms with Crippen molar-refractivity contribution in [3.63, 3.8) is 0 Å². The molecule has 0 aliphatic heterocycles. The summed E-state index contributed by atoms with van der Waals surface area (Å²) in [7, 11) is 3.26. The fraction of sp³-hybridized carbons (Fsp3) is 0.133. The molecule has 2 aromatic carbocycles. The van der Waals surface area contributed by atoms with Gasteiger partial charge in [0.05, 0.1) is 5.56 Å². The molecule has 0 fully saturated rings. The normalized spacial score (nSPS) is 10.0. The summed E-state index contributed by atoms with van der Waals surface area (Å²) in [5.41, 5.74) is 0.221. The molecule has 2 rings (SSSR count). The van der Waals surface area contributed by atoms with Crippen LogP contribution in [0.2, 0.25) is 0 Å². The predicted molar refractivity (Wildman–Crippen MR) is 72.6 cm³/mol. The van der Waals surface area contributed by atoms with Crippen LogP contribution < -0.4 is 4.74 Å². The monoisotopic (exact) mass is 257 g/mol. The molecule has 0 heterocycles. The number of hydrogen-bond acceptors (Lipinski definition) is 3. The molecule has 0 aliphatic carbocycles. The molecule has 0 unspecified atom stereocenters. The van der Waals surface area contributed by atoms with Gasteiger partial charge >= 0.3 is 0 Å². The number of rotatable bonds is 3. The summed E-state index contributed by atoms with van der Waals surface area (Å²) in [6.07, 6.45) is 0. The number of ether oxygens (including phenoxy) is 1. The molecule has 0 saturated heterocycles. The molecular formula is C15H15NO3. The first-order valence-corrected chi connectivity index (χ1v) is 5.85. The summed E-state index contributed by atoms with van der Waals surface area (Å²) in [6, 6.07) is 13.9. The van der Waals surface area contributed by atoms with Crippen molar-refractivity contribution in [2.24, 2.45) is 0 Å². The molecule has 19 heavy (non-hydrogen) atoms. The summed E-state index contributed by atoms with van der Waals surface area (Å²) in [5.74, 6) is 0.862. The Morgan fingerprint density at radius 2 is 1.74 bits per heavy atom. The Balaban J connectivity index is 2.29. The van der Waals surface area contributed by atoms with Gasteiger partial charge in [-0.05, 0) is 30.3 Å². The van der Waals surface area contributed by atoms with Crippen LogP contribution in [0.4, 0.5) is 0 Å². The summed E-state index contributed by atoms with van der Waals surface area (Å²) >= 11 is 0. The van der Waals surface area contributed by atoms with E-state index >= 15 is 0 Å². The molecule has 1 N–H and O–H groups in total. The van der Waals surface area contributed by atoms with E-state index in [1.54, 1.807) is 20.2 Å². The Morgan fingerprint density at radius 3 is 2.37 bits per heavy atom. The number of para-hydroxylation sites is 1. The topological polar surface area (TPSA) is 49.8 Å². The highest BCUT2D eigenvalue weighted by Crippen LogP contribution is 2.27. The van der Waals surface area contributed by atoms with Crippen molar-refractivity contribution >= 4 is 5.91 Å². The van der Waals surface area contributed by atoms with Crippen molar-refractivity contribution in [2.45, 2.75) is 0 Å². The molecule has 4 nitrogen and oxygen atoms in total. The molecule has 4 heteroatoms. The van der Waals surface area contributed by atoms with Gasteiger partial charge in [-0.1, -0.05) is 18.2 Å². The molecule has 0 atom stereocenters. The number of aromatic hydroxyl groups is 1. The SMILES string of the molecule is CN(C)C(=O)c1cc(Oc2ccccc2)ccc1O. The number of phenolic OH excluding ortho intramolecular Hbond substituents is 1. The highest BCUT2D eigenvalue weighted by atomic mass is 16.5. The first-order chi connectivity index (χ1) is 9.08. The van der Waals surface area contributed by atoms with E-state index in [2.05, 4.69) is 0 Å². The van der Waals surface area contributed by atoms with E-state index in [9.17, 15) is 9.90 Å². The first-order valence-electron chi connectivity index (χ1n) is 5.85. The van der Waals surface area contributed by atoms with Crippen molar-refractivity contribution in [3.05, 3.63) is 54.1 Å². The number of benzene rings is 2. The lowest BCUT2D eigenvalue weighted by Gasteiger charge is -2.13. The van der Waals surface area contributed by atoms with Gasteiger partial charge in [0.15, 0.2) is 0 Å². The van der Waals surface area contributed by atoms with E-state index in [0.717, 1.165) is 0 Å². The third-order valence-electron chi connectivity index (χ3n) is 2.58. The minimum Gasteiger partial charge on any atom is -0.507 e. The molecule has 0 aromatic heterocycles. The summed E-state index contributed by atoms with van der Waals surface area (Å²) in [5, 5.41) is 9.72. The van der Waals surface area contributed by atoms with Crippen LogP contribution in [0.3, 0.4) is 0 Å². The summed E-state index contributed by atoms with van der Waals surface area (Å²) in [4.78, 5) is 13.3. The van der Waals surface area contributed by atoms with Crippen molar-refractivity contribution in [3.8, 4) is 17.2 Å². The lowest BCUT2D eigenvalue weighted by Crippen LogP contribution is -2.21. The third kappa shape index (κ3) is 3.04. The van der Waals surface area contributed by atoms with E-state index in [1.165, 1.54) is 17.0 Å². The average molecular weight is 257 g/mol. The van der Waals surface area contributed by atoms with Crippen LogP contribution in [0.25, 0.3) is 0 Å². The van der Waals surface area contributed by atoms with Gasteiger partial charge in [0, 0.05) is 14.1 Å². The Hall–Kier alpha value is -2.49. The van der Waals surface area contributed by atoms with Crippen molar-refractivity contribution in [1.82, 2.24) is 4.90 Å². The molecular weight excluding hydrogens is 242 g/mol. The second kappa shape index (κ2) is 5.44. The maximum Gasteiger partial charge on any atom is 0.257 e. The number of carbonyl (C=O) groups excluding carboxylic acids is 1. The van der Waals surface area contributed by atoms with Gasteiger partial charge in [0.1, 0.15) is 17.2 Å². The summed E-state index contributed by atoms with van der Waals surface area (Å²) < 4.78 is 5.62. The van der Waals surface area contributed by atoms with Gasteiger partial charge in [-0.25, -0.2) is 0 Å². The van der Waals surface area contributed by atoms with Gasteiger partial charge < -0.3 is 14.7 Å². The highest BCUT2D eigenvalue weighted by Gasteiger charge is 2.14. The maximum atomic E-state index is 11.9. The van der Waals surface area contributed by atoms with Crippen LogP contribution in [-0.4, -0.2) is 30.0 Å². The Kier molecular flexibility index (Phi) is 3.71. The van der Waals surface area contributed by atoms with Gasteiger partial charge in [-0.3, -0.25) is 4.79 Å². The average Bonchev–Trinajstić information content (AvgIpc) is 2.41. The van der Waals surface area contributed by atoms with Crippen LogP contribution in [0.1, 0.15) is 10.4 Å². The molecule has 2 aromatic rings. The van der Waals surface area contributed by atoms with Crippen molar-refractivity contribution in [2.75, 3.05) is 14.1 Å². The molecule has 0 radical (unpaired) electrons. The smallest absolute Gasteiger partial charge is 0.257 e. The van der Waals surface area contributed by atoms with Crippen LogP contribution in [0.15, 0.2) is 48.5 Å². The van der Waals surface area contributed by atoms with Crippen LogP contribution in [0.5, 0.6) is 17.2 Å².